The van der Waals surface area contributed by atoms with Gasteiger partial charge in [-0.3, -0.25) is 9.36 Å². The number of rotatable bonds is 10. The van der Waals surface area contributed by atoms with Gasteiger partial charge in [0.05, 0.1) is 23.9 Å². The molecule has 0 aliphatic heterocycles. The van der Waals surface area contributed by atoms with Crippen molar-refractivity contribution < 1.29 is 28.1 Å². The number of nitrogens with one attached hydrogen (secondary N) is 1. The monoisotopic (exact) mass is 559 g/mol. The van der Waals surface area contributed by atoms with Crippen molar-refractivity contribution in [1.82, 2.24) is 29.5 Å². The maximum Gasteiger partial charge on any atom is 0.437 e. The van der Waals surface area contributed by atoms with Crippen molar-refractivity contribution in [3.8, 4) is 17.0 Å². The van der Waals surface area contributed by atoms with Crippen LogP contribution in [0, 0.1) is 5.92 Å². The van der Waals surface area contributed by atoms with Crippen LogP contribution in [0.1, 0.15) is 44.3 Å². The van der Waals surface area contributed by atoms with Crippen molar-refractivity contribution in [2.24, 2.45) is 5.92 Å². The summed E-state index contributed by atoms with van der Waals surface area (Å²) in [6, 6.07) is 4.74. The maximum atomic E-state index is 13.4. The van der Waals surface area contributed by atoms with Crippen LogP contribution in [-0.4, -0.2) is 65.6 Å². The minimum absolute atomic E-state index is 0.0205. The molecule has 0 spiro atoms. The van der Waals surface area contributed by atoms with Gasteiger partial charge in [-0.25, -0.2) is 9.97 Å². The lowest BCUT2D eigenvalue weighted by molar-refractivity contribution is -0.143. The van der Waals surface area contributed by atoms with Crippen molar-refractivity contribution in [2.45, 2.75) is 57.5 Å². The van der Waals surface area contributed by atoms with Crippen LogP contribution in [0.4, 0.5) is 19.0 Å². The van der Waals surface area contributed by atoms with Gasteiger partial charge < -0.3 is 20.3 Å². The number of fused-ring (bicyclic) bond motifs is 1. The molecule has 1 saturated carbocycles. The molecule has 0 aromatic carbocycles. The molecule has 4 heterocycles. The van der Waals surface area contributed by atoms with Gasteiger partial charge in [0.1, 0.15) is 11.5 Å². The largest absolute Gasteiger partial charge is 0.488 e. The Balaban J connectivity index is 1.39. The number of aliphatic hydroxyl groups excluding tert-OH is 2. The summed E-state index contributed by atoms with van der Waals surface area (Å²) < 4.78 is 49.6. The molecule has 0 atom stereocenters. The summed E-state index contributed by atoms with van der Waals surface area (Å²) in [6.45, 7) is 2.77. The third kappa shape index (κ3) is 5.89. The number of nitrogens with zero attached hydrogens (tertiary/aromatic N) is 6. The van der Waals surface area contributed by atoms with Gasteiger partial charge in [0.2, 0.25) is 0 Å². The zero-order valence-electron chi connectivity index (χ0n) is 22.1. The van der Waals surface area contributed by atoms with E-state index in [2.05, 4.69) is 20.4 Å². The van der Waals surface area contributed by atoms with E-state index in [4.69, 9.17) is 9.84 Å². The van der Waals surface area contributed by atoms with Crippen LogP contribution < -0.4 is 10.1 Å². The molecule has 0 radical (unpaired) electrons. The first-order valence-electron chi connectivity index (χ1n) is 13.4. The molecule has 3 N–H and O–H groups in total. The van der Waals surface area contributed by atoms with Crippen molar-refractivity contribution in [1.29, 1.82) is 0 Å². The van der Waals surface area contributed by atoms with E-state index < -0.39 is 11.9 Å². The van der Waals surface area contributed by atoms with Crippen molar-refractivity contribution in [2.75, 3.05) is 25.1 Å². The fourth-order valence-corrected chi connectivity index (χ4v) is 5.11. The lowest BCUT2D eigenvalue weighted by Gasteiger charge is -2.30. The lowest BCUT2D eigenvalue weighted by Crippen LogP contribution is -2.27. The molecule has 40 heavy (non-hydrogen) atoms. The Morgan fingerprint density at radius 1 is 1.12 bits per heavy atom. The molecule has 4 aromatic rings. The predicted octanol–water partition coefficient (Wildman–Crippen LogP) is 4.30. The minimum atomic E-state index is -4.58. The van der Waals surface area contributed by atoms with Crippen molar-refractivity contribution in [3.05, 3.63) is 48.7 Å². The molecule has 1 fully saturated rings. The van der Waals surface area contributed by atoms with Gasteiger partial charge >= 0.3 is 6.18 Å². The lowest BCUT2D eigenvalue weighted by atomic mass is 9.93. The Morgan fingerprint density at radius 2 is 1.90 bits per heavy atom. The zero-order valence-corrected chi connectivity index (χ0v) is 22.1. The molecular formula is C27H32F3N7O3. The predicted molar refractivity (Wildman–Crippen MR) is 142 cm³/mol. The van der Waals surface area contributed by atoms with Gasteiger partial charge in [0.25, 0.3) is 0 Å². The second-order valence-corrected chi connectivity index (χ2v) is 9.99. The topological polar surface area (TPSA) is 123 Å². The summed E-state index contributed by atoms with van der Waals surface area (Å²) in [5.41, 5.74) is 1.39. The number of pyridine rings is 2. The Hall–Kier alpha value is -3.71. The van der Waals surface area contributed by atoms with E-state index in [1.165, 1.54) is 12.1 Å². The summed E-state index contributed by atoms with van der Waals surface area (Å²) in [6.07, 6.45) is 3.99. The first kappa shape index (κ1) is 27.8. The smallest absolute Gasteiger partial charge is 0.437 e. The number of aliphatic hydroxyl groups is 2. The quantitative estimate of drug-likeness (QED) is 0.263. The third-order valence-corrected chi connectivity index (χ3v) is 7.14. The summed E-state index contributed by atoms with van der Waals surface area (Å²) in [7, 11) is 0. The number of halogens is 3. The summed E-state index contributed by atoms with van der Waals surface area (Å²) in [5, 5.41) is 32.3. The Labute approximate surface area is 228 Å². The van der Waals surface area contributed by atoms with E-state index in [1.54, 1.807) is 17.1 Å². The minimum Gasteiger partial charge on any atom is -0.488 e. The second-order valence-electron chi connectivity index (χ2n) is 9.99. The standard InChI is InChI=1S/C27H32F3N7O3/c1-2-31-24-10-22-21(12-33-24)25(18-11-34-36(14-18)13-17(15-38)16-39)35-37(22)19-5-7-20(8-6-19)40-23-4-3-9-32-26(23)27(28,29)30/h3-4,9-12,14,17,19-20,38-39H,2,5-8,13,15-16H2,1H3,(H,31,33). The Kier molecular flexibility index (Phi) is 8.22. The highest BCUT2D eigenvalue weighted by molar-refractivity contribution is 5.93. The summed E-state index contributed by atoms with van der Waals surface area (Å²) in [4.78, 5) is 8.02. The summed E-state index contributed by atoms with van der Waals surface area (Å²) in [5.74, 6) is 0.163. The van der Waals surface area contributed by atoms with Crippen LogP contribution in [0.3, 0.4) is 0 Å². The van der Waals surface area contributed by atoms with Crippen LogP contribution in [0.5, 0.6) is 5.75 Å². The number of alkyl halides is 3. The van der Waals surface area contributed by atoms with Gasteiger partial charge in [-0.05, 0) is 44.7 Å². The second kappa shape index (κ2) is 11.8. The first-order valence-corrected chi connectivity index (χ1v) is 13.4. The molecule has 5 rings (SSSR count). The van der Waals surface area contributed by atoms with Crippen molar-refractivity contribution >= 4 is 16.7 Å². The van der Waals surface area contributed by atoms with Crippen LogP contribution >= 0.6 is 0 Å². The molecule has 4 aromatic heterocycles. The molecule has 0 saturated heterocycles. The fourth-order valence-electron chi connectivity index (χ4n) is 5.11. The van der Waals surface area contributed by atoms with Crippen LogP contribution in [0.25, 0.3) is 22.2 Å². The number of aromatic nitrogens is 6. The SMILES string of the molecule is CCNc1cc2c(cn1)c(-c1cnn(CC(CO)CO)c1)nn2C1CCC(Oc2cccnc2C(F)(F)F)CC1. The van der Waals surface area contributed by atoms with Gasteiger partial charge in [0.15, 0.2) is 11.4 Å². The van der Waals surface area contributed by atoms with Crippen LogP contribution in [0.2, 0.25) is 0 Å². The van der Waals surface area contributed by atoms with E-state index in [0.29, 0.717) is 44.5 Å². The molecule has 214 valence electrons. The average molecular weight is 560 g/mol. The van der Waals surface area contributed by atoms with Gasteiger partial charge in [0, 0.05) is 67.8 Å². The Bertz CT molecular complexity index is 1430. The number of hydrogen-bond donors (Lipinski definition) is 3. The van der Waals surface area contributed by atoms with E-state index in [1.807, 2.05) is 23.9 Å². The molecule has 13 heteroatoms. The zero-order chi connectivity index (χ0) is 28.3. The Morgan fingerprint density at radius 3 is 2.60 bits per heavy atom. The maximum absolute atomic E-state index is 13.4. The number of anilines is 1. The van der Waals surface area contributed by atoms with E-state index in [0.717, 1.165) is 28.5 Å². The van der Waals surface area contributed by atoms with Gasteiger partial charge in [-0.2, -0.15) is 23.4 Å². The average Bonchev–Trinajstić information content (AvgIpc) is 3.56. The first-order chi connectivity index (χ1) is 19.3. The van der Waals surface area contributed by atoms with Crippen molar-refractivity contribution in [3.63, 3.8) is 0 Å². The highest BCUT2D eigenvalue weighted by atomic mass is 19.4. The van der Waals surface area contributed by atoms with Crippen LogP contribution in [0.15, 0.2) is 43.0 Å². The fraction of sp³-hybridized carbons (Fsp3) is 0.481. The highest BCUT2D eigenvalue weighted by Crippen LogP contribution is 2.39. The number of ether oxygens (including phenoxy) is 1. The normalized spacial score (nSPS) is 18.0. The summed E-state index contributed by atoms with van der Waals surface area (Å²) >= 11 is 0. The van der Waals surface area contributed by atoms with E-state index in [-0.39, 0.29) is 37.0 Å². The molecule has 0 bridgehead atoms. The molecule has 1 aliphatic rings. The molecular weight excluding hydrogens is 527 g/mol. The van der Waals surface area contributed by atoms with Gasteiger partial charge in [-0.15, -0.1) is 0 Å². The highest BCUT2D eigenvalue weighted by Gasteiger charge is 2.37. The molecule has 10 nitrogen and oxygen atoms in total. The number of hydrogen-bond acceptors (Lipinski definition) is 8. The van der Waals surface area contributed by atoms with E-state index >= 15 is 0 Å². The molecule has 0 amide bonds. The van der Waals surface area contributed by atoms with Gasteiger partial charge in [-0.1, -0.05) is 0 Å². The molecule has 0 unspecified atom stereocenters. The third-order valence-electron chi connectivity index (χ3n) is 7.14. The molecule has 1 aliphatic carbocycles. The van der Waals surface area contributed by atoms with Crippen LogP contribution in [-0.2, 0) is 12.7 Å². The van der Waals surface area contributed by atoms with E-state index in [9.17, 15) is 23.4 Å².